The van der Waals surface area contributed by atoms with Crippen molar-refractivity contribution in [2.45, 2.75) is 31.7 Å². The molecule has 1 saturated heterocycles. The zero-order chi connectivity index (χ0) is 12.3. The summed E-state index contributed by atoms with van der Waals surface area (Å²) in [6.45, 7) is 5.05. The zero-order valence-electron chi connectivity index (χ0n) is 10.1. The zero-order valence-corrected chi connectivity index (χ0v) is 11.7. The van der Waals surface area contributed by atoms with E-state index >= 15 is 0 Å². The summed E-state index contributed by atoms with van der Waals surface area (Å²) < 4.78 is 0. The van der Waals surface area contributed by atoms with Crippen LogP contribution in [-0.2, 0) is 12.3 Å². The van der Waals surface area contributed by atoms with Crippen LogP contribution in [0.25, 0.3) is 0 Å². The Balaban J connectivity index is 1.76. The Labute approximate surface area is 111 Å². The smallest absolute Gasteiger partial charge is 0.0941 e. The molecule has 1 aliphatic heterocycles. The van der Waals surface area contributed by atoms with E-state index in [1.807, 2.05) is 12.3 Å². The second kappa shape index (κ2) is 6.14. The molecular formula is C12H19ClN2OS. The Hall–Kier alpha value is -0.160. The van der Waals surface area contributed by atoms with Crippen molar-refractivity contribution < 1.29 is 5.11 Å². The molecule has 1 N–H and O–H groups in total. The number of hydrogen-bond acceptors (Lipinski definition) is 4. The standard InChI is InChI=1S/C12H19ClN2OS/c1-9(16)10-2-4-15(7-10)5-3-12-14-11(6-13)8-17-12/h8-10,16H,2-7H2,1H3. The number of hydrogen-bond donors (Lipinski definition) is 1. The number of aliphatic hydroxyl groups excluding tert-OH is 1. The van der Waals surface area contributed by atoms with E-state index in [0.717, 1.165) is 38.2 Å². The number of aliphatic hydroxyl groups is 1. The summed E-state index contributed by atoms with van der Waals surface area (Å²) in [6.07, 6.45) is 1.93. The molecule has 96 valence electrons. The van der Waals surface area contributed by atoms with E-state index in [-0.39, 0.29) is 6.10 Å². The lowest BCUT2D eigenvalue weighted by Gasteiger charge is -2.16. The molecule has 0 aliphatic carbocycles. The van der Waals surface area contributed by atoms with E-state index in [9.17, 15) is 5.11 Å². The van der Waals surface area contributed by atoms with Crippen LogP contribution >= 0.6 is 22.9 Å². The van der Waals surface area contributed by atoms with Crippen LogP contribution in [0.2, 0.25) is 0 Å². The summed E-state index contributed by atoms with van der Waals surface area (Å²) in [7, 11) is 0. The van der Waals surface area contributed by atoms with Crippen LogP contribution < -0.4 is 0 Å². The van der Waals surface area contributed by atoms with Gasteiger partial charge >= 0.3 is 0 Å². The van der Waals surface area contributed by atoms with E-state index in [4.69, 9.17) is 11.6 Å². The minimum atomic E-state index is -0.178. The van der Waals surface area contributed by atoms with Crippen LogP contribution in [0.4, 0.5) is 0 Å². The molecule has 1 aliphatic rings. The molecule has 0 spiro atoms. The third-order valence-electron chi connectivity index (χ3n) is 3.37. The molecule has 0 bridgehead atoms. The van der Waals surface area contributed by atoms with Gasteiger partial charge in [0.25, 0.3) is 0 Å². The van der Waals surface area contributed by atoms with Gasteiger partial charge in [0.2, 0.25) is 0 Å². The molecule has 2 heterocycles. The first kappa shape index (κ1) is 13.3. The van der Waals surface area contributed by atoms with E-state index < -0.39 is 0 Å². The van der Waals surface area contributed by atoms with Crippen LogP contribution in [0, 0.1) is 5.92 Å². The highest BCUT2D eigenvalue weighted by atomic mass is 35.5. The average Bonchev–Trinajstić information content (AvgIpc) is 2.95. The number of rotatable bonds is 5. The van der Waals surface area contributed by atoms with Crippen LogP contribution in [0.3, 0.4) is 0 Å². The Morgan fingerprint density at radius 3 is 3.12 bits per heavy atom. The summed E-state index contributed by atoms with van der Waals surface area (Å²) in [6, 6.07) is 0. The number of alkyl halides is 1. The van der Waals surface area contributed by atoms with Gasteiger partial charge in [-0.05, 0) is 25.8 Å². The first-order valence-corrected chi connectivity index (χ1v) is 7.50. The molecule has 2 rings (SSSR count). The lowest BCUT2D eigenvalue weighted by Crippen LogP contribution is -2.26. The maximum Gasteiger partial charge on any atom is 0.0941 e. The quantitative estimate of drug-likeness (QED) is 0.836. The molecule has 0 radical (unpaired) electrons. The fourth-order valence-electron chi connectivity index (χ4n) is 2.24. The van der Waals surface area contributed by atoms with E-state index in [0.29, 0.717) is 11.8 Å². The summed E-state index contributed by atoms with van der Waals surface area (Å²) in [5.41, 5.74) is 0.981. The van der Waals surface area contributed by atoms with Crippen LogP contribution in [0.15, 0.2) is 5.38 Å². The van der Waals surface area contributed by atoms with Crippen LogP contribution in [-0.4, -0.2) is 40.7 Å². The summed E-state index contributed by atoms with van der Waals surface area (Å²) in [4.78, 5) is 6.87. The Kier molecular flexibility index (Phi) is 4.79. The molecule has 3 nitrogen and oxygen atoms in total. The summed E-state index contributed by atoms with van der Waals surface area (Å²) in [5.74, 6) is 0.953. The molecule has 2 unspecified atom stereocenters. The van der Waals surface area contributed by atoms with Crippen molar-refractivity contribution in [1.82, 2.24) is 9.88 Å². The van der Waals surface area contributed by atoms with Gasteiger partial charge in [0.1, 0.15) is 0 Å². The van der Waals surface area contributed by atoms with Crippen molar-refractivity contribution in [2.24, 2.45) is 5.92 Å². The predicted molar refractivity (Wildman–Crippen MR) is 71.6 cm³/mol. The molecule has 1 aromatic heterocycles. The molecule has 0 amide bonds. The molecule has 0 aromatic carbocycles. The highest BCUT2D eigenvalue weighted by Gasteiger charge is 2.25. The van der Waals surface area contributed by atoms with Gasteiger partial charge in [-0.15, -0.1) is 22.9 Å². The average molecular weight is 275 g/mol. The van der Waals surface area contributed by atoms with E-state index in [1.54, 1.807) is 11.3 Å². The lowest BCUT2D eigenvalue weighted by molar-refractivity contribution is 0.128. The third kappa shape index (κ3) is 3.65. The largest absolute Gasteiger partial charge is 0.393 e. The Bertz CT molecular complexity index is 356. The van der Waals surface area contributed by atoms with E-state index in [1.165, 1.54) is 5.01 Å². The van der Waals surface area contributed by atoms with Gasteiger partial charge in [0.15, 0.2) is 0 Å². The topological polar surface area (TPSA) is 36.4 Å². The van der Waals surface area contributed by atoms with Crippen molar-refractivity contribution in [3.8, 4) is 0 Å². The molecule has 2 atom stereocenters. The molecule has 0 saturated carbocycles. The van der Waals surface area contributed by atoms with Gasteiger partial charge in [-0.1, -0.05) is 0 Å². The van der Waals surface area contributed by atoms with Gasteiger partial charge < -0.3 is 10.0 Å². The third-order valence-corrected chi connectivity index (χ3v) is 4.60. The summed E-state index contributed by atoms with van der Waals surface area (Å²) in [5, 5.41) is 12.7. The van der Waals surface area contributed by atoms with Crippen LogP contribution in [0.1, 0.15) is 24.0 Å². The number of aromatic nitrogens is 1. The van der Waals surface area contributed by atoms with E-state index in [2.05, 4.69) is 9.88 Å². The molecular weight excluding hydrogens is 256 g/mol. The van der Waals surface area contributed by atoms with Gasteiger partial charge in [-0.2, -0.15) is 0 Å². The van der Waals surface area contributed by atoms with Gasteiger partial charge in [0, 0.05) is 24.9 Å². The summed E-state index contributed by atoms with van der Waals surface area (Å²) >= 11 is 7.42. The first-order valence-electron chi connectivity index (χ1n) is 6.08. The first-order chi connectivity index (χ1) is 8.19. The monoisotopic (exact) mass is 274 g/mol. The highest BCUT2D eigenvalue weighted by molar-refractivity contribution is 7.09. The van der Waals surface area contributed by atoms with Crippen molar-refractivity contribution in [3.63, 3.8) is 0 Å². The second-order valence-corrected chi connectivity index (χ2v) is 5.92. The van der Waals surface area contributed by atoms with Crippen molar-refractivity contribution >= 4 is 22.9 Å². The number of nitrogens with zero attached hydrogens (tertiary/aromatic N) is 2. The minimum absolute atomic E-state index is 0.178. The van der Waals surface area contributed by atoms with Gasteiger partial charge in [0.05, 0.1) is 22.7 Å². The number of halogens is 1. The second-order valence-electron chi connectivity index (χ2n) is 4.71. The predicted octanol–water partition coefficient (Wildman–Crippen LogP) is 2.13. The van der Waals surface area contributed by atoms with Crippen molar-refractivity contribution in [3.05, 3.63) is 16.1 Å². The highest BCUT2D eigenvalue weighted by Crippen LogP contribution is 2.20. The molecule has 1 aromatic rings. The van der Waals surface area contributed by atoms with Gasteiger partial charge in [-0.3, -0.25) is 0 Å². The van der Waals surface area contributed by atoms with Crippen molar-refractivity contribution in [1.29, 1.82) is 0 Å². The van der Waals surface area contributed by atoms with Crippen LogP contribution in [0.5, 0.6) is 0 Å². The Morgan fingerprint density at radius 2 is 2.53 bits per heavy atom. The molecule has 17 heavy (non-hydrogen) atoms. The molecule has 5 heteroatoms. The fraction of sp³-hybridized carbons (Fsp3) is 0.750. The van der Waals surface area contributed by atoms with Crippen molar-refractivity contribution in [2.75, 3.05) is 19.6 Å². The fourth-order valence-corrected chi connectivity index (χ4v) is 3.25. The maximum absolute atomic E-state index is 9.54. The maximum atomic E-state index is 9.54. The van der Waals surface area contributed by atoms with Gasteiger partial charge in [-0.25, -0.2) is 4.98 Å². The number of thiazole rings is 1. The minimum Gasteiger partial charge on any atom is -0.393 e. The lowest BCUT2D eigenvalue weighted by atomic mass is 10.0. The SMILES string of the molecule is CC(O)C1CCN(CCc2nc(CCl)cs2)C1. The Morgan fingerprint density at radius 1 is 1.71 bits per heavy atom. The molecule has 1 fully saturated rings. The normalized spacial score (nSPS) is 23.1. The number of likely N-dealkylation sites (tertiary alicyclic amines) is 1.